The predicted molar refractivity (Wildman–Crippen MR) is 49.2 cm³/mol. The normalized spacial score (nSPS) is 11.2. The maximum Gasteiger partial charge on any atom is 0.573 e. The molecule has 0 atom stereocenters. The minimum absolute atomic E-state index is 0.0671. The zero-order valence-electron chi connectivity index (χ0n) is 8.12. The van der Waals surface area contributed by atoms with Gasteiger partial charge in [-0.05, 0) is 30.2 Å². The van der Waals surface area contributed by atoms with Crippen molar-refractivity contribution in [3.05, 3.63) is 23.8 Å². The lowest BCUT2D eigenvalue weighted by Crippen LogP contribution is -2.18. The van der Waals surface area contributed by atoms with Crippen molar-refractivity contribution in [3.8, 4) is 11.5 Å². The Kier molecular flexibility index (Phi) is 3.76. The van der Waals surface area contributed by atoms with Gasteiger partial charge < -0.3 is 14.6 Å². The highest BCUT2D eigenvalue weighted by atomic mass is 19.4. The van der Waals surface area contributed by atoms with E-state index in [1.165, 1.54) is 0 Å². The molecular formula is C10H9F3O3. The SMILES string of the molecule is O=CCCc1cc(O)ccc1OC(F)(F)F. The monoisotopic (exact) mass is 234 g/mol. The molecule has 1 aromatic rings. The molecule has 0 amide bonds. The van der Waals surface area contributed by atoms with Crippen molar-refractivity contribution in [2.24, 2.45) is 0 Å². The highest BCUT2D eigenvalue weighted by Gasteiger charge is 2.32. The second-order valence-corrected chi connectivity index (χ2v) is 3.05. The number of aldehydes is 1. The molecule has 6 heteroatoms. The third kappa shape index (κ3) is 3.80. The van der Waals surface area contributed by atoms with Crippen LogP contribution in [-0.2, 0) is 11.2 Å². The lowest BCUT2D eigenvalue weighted by atomic mass is 10.1. The first-order valence-corrected chi connectivity index (χ1v) is 4.43. The highest BCUT2D eigenvalue weighted by molar-refractivity contribution is 5.51. The van der Waals surface area contributed by atoms with Crippen molar-refractivity contribution in [3.63, 3.8) is 0 Å². The van der Waals surface area contributed by atoms with Gasteiger partial charge in [0.25, 0.3) is 0 Å². The maximum absolute atomic E-state index is 12.0. The summed E-state index contributed by atoms with van der Waals surface area (Å²) in [5.74, 6) is -0.567. The van der Waals surface area contributed by atoms with Crippen LogP contribution < -0.4 is 4.74 Å². The summed E-state index contributed by atoms with van der Waals surface area (Å²) in [4.78, 5) is 10.1. The zero-order valence-corrected chi connectivity index (χ0v) is 8.12. The first-order valence-electron chi connectivity index (χ1n) is 4.43. The second kappa shape index (κ2) is 4.87. The van der Waals surface area contributed by atoms with Gasteiger partial charge in [0.2, 0.25) is 0 Å². The lowest BCUT2D eigenvalue weighted by Gasteiger charge is -2.12. The van der Waals surface area contributed by atoms with Crippen molar-refractivity contribution in [2.45, 2.75) is 19.2 Å². The van der Waals surface area contributed by atoms with Crippen LogP contribution in [0.1, 0.15) is 12.0 Å². The van der Waals surface area contributed by atoms with E-state index >= 15 is 0 Å². The molecule has 0 radical (unpaired) electrons. The molecule has 0 saturated heterocycles. The fraction of sp³-hybridized carbons (Fsp3) is 0.300. The summed E-state index contributed by atoms with van der Waals surface area (Å²) in [5.41, 5.74) is 0.143. The van der Waals surface area contributed by atoms with E-state index < -0.39 is 12.1 Å². The average Bonchev–Trinajstić information content (AvgIpc) is 2.16. The van der Waals surface area contributed by atoms with E-state index in [4.69, 9.17) is 5.11 Å². The van der Waals surface area contributed by atoms with E-state index in [0.717, 1.165) is 18.2 Å². The summed E-state index contributed by atoms with van der Waals surface area (Å²) < 4.78 is 39.7. The van der Waals surface area contributed by atoms with Crippen LogP contribution in [-0.4, -0.2) is 17.8 Å². The minimum atomic E-state index is -4.78. The summed E-state index contributed by atoms with van der Waals surface area (Å²) in [7, 11) is 0. The van der Waals surface area contributed by atoms with E-state index in [1.807, 2.05) is 0 Å². The van der Waals surface area contributed by atoms with Crippen molar-refractivity contribution < 1.29 is 27.8 Å². The fourth-order valence-electron chi connectivity index (χ4n) is 1.20. The number of phenolic OH excluding ortho intramolecular Hbond substituents is 1. The molecule has 0 spiro atoms. The van der Waals surface area contributed by atoms with Gasteiger partial charge >= 0.3 is 6.36 Å². The summed E-state index contributed by atoms with van der Waals surface area (Å²) in [6.45, 7) is 0. The van der Waals surface area contributed by atoms with Crippen LogP contribution in [0.15, 0.2) is 18.2 Å². The van der Waals surface area contributed by atoms with Gasteiger partial charge in [0.05, 0.1) is 0 Å². The Bertz CT molecular complexity index is 374. The van der Waals surface area contributed by atoms with Crippen LogP contribution in [0.3, 0.4) is 0 Å². The molecule has 1 aromatic carbocycles. The number of ether oxygens (including phenoxy) is 1. The number of phenols is 1. The summed E-state index contributed by atoms with van der Waals surface area (Å²) >= 11 is 0. The standard InChI is InChI=1S/C10H9F3O3/c11-10(12,13)16-9-4-3-8(15)6-7(9)2-1-5-14/h3-6,15H,1-2H2. The van der Waals surface area contributed by atoms with Crippen LogP contribution in [0.4, 0.5) is 13.2 Å². The first kappa shape index (κ1) is 12.4. The van der Waals surface area contributed by atoms with Gasteiger partial charge in [0, 0.05) is 6.42 Å². The predicted octanol–water partition coefficient (Wildman–Crippen LogP) is 2.42. The van der Waals surface area contributed by atoms with E-state index in [9.17, 15) is 18.0 Å². The van der Waals surface area contributed by atoms with Crippen molar-refractivity contribution >= 4 is 6.29 Å². The molecule has 0 aliphatic heterocycles. The van der Waals surface area contributed by atoms with Crippen molar-refractivity contribution in [1.82, 2.24) is 0 Å². The van der Waals surface area contributed by atoms with Crippen LogP contribution >= 0.6 is 0 Å². The molecule has 0 bridgehead atoms. The third-order valence-electron chi connectivity index (χ3n) is 1.80. The summed E-state index contributed by atoms with van der Waals surface area (Å²) in [5, 5.41) is 9.11. The van der Waals surface area contributed by atoms with Crippen molar-refractivity contribution in [2.75, 3.05) is 0 Å². The molecule has 1 rings (SSSR count). The molecule has 16 heavy (non-hydrogen) atoms. The van der Waals surface area contributed by atoms with Crippen LogP contribution in [0.5, 0.6) is 11.5 Å². The number of benzene rings is 1. The number of hydrogen-bond donors (Lipinski definition) is 1. The van der Waals surface area contributed by atoms with Gasteiger partial charge in [0.1, 0.15) is 17.8 Å². The molecule has 3 nitrogen and oxygen atoms in total. The molecule has 0 unspecified atom stereocenters. The van der Waals surface area contributed by atoms with Crippen LogP contribution in [0.2, 0.25) is 0 Å². The van der Waals surface area contributed by atoms with E-state index in [1.54, 1.807) is 0 Å². The molecule has 0 saturated carbocycles. The lowest BCUT2D eigenvalue weighted by molar-refractivity contribution is -0.274. The van der Waals surface area contributed by atoms with Gasteiger partial charge in [-0.3, -0.25) is 0 Å². The van der Waals surface area contributed by atoms with Crippen LogP contribution in [0.25, 0.3) is 0 Å². The largest absolute Gasteiger partial charge is 0.573 e. The minimum Gasteiger partial charge on any atom is -0.508 e. The average molecular weight is 234 g/mol. The number of alkyl halides is 3. The number of hydrogen-bond acceptors (Lipinski definition) is 3. The molecule has 1 N–H and O–H groups in total. The Labute approximate surface area is 89.5 Å². The number of aryl methyl sites for hydroxylation is 1. The quantitative estimate of drug-likeness (QED) is 0.814. The van der Waals surface area contributed by atoms with Crippen LogP contribution in [0, 0.1) is 0 Å². The fourth-order valence-corrected chi connectivity index (χ4v) is 1.20. The Morgan fingerprint density at radius 1 is 1.38 bits per heavy atom. The molecule has 0 aliphatic rings. The number of aromatic hydroxyl groups is 1. The zero-order chi connectivity index (χ0) is 12.2. The number of carbonyl (C=O) groups is 1. The topological polar surface area (TPSA) is 46.5 Å². The Morgan fingerprint density at radius 2 is 2.06 bits per heavy atom. The number of rotatable bonds is 4. The van der Waals surface area contributed by atoms with Gasteiger partial charge in [-0.1, -0.05) is 0 Å². The first-order chi connectivity index (χ1) is 7.42. The smallest absolute Gasteiger partial charge is 0.508 e. The van der Waals surface area contributed by atoms with Gasteiger partial charge in [-0.15, -0.1) is 13.2 Å². The number of carbonyl (C=O) groups excluding carboxylic acids is 1. The molecule has 0 aliphatic carbocycles. The molecule has 0 fully saturated rings. The maximum atomic E-state index is 12.0. The van der Waals surface area contributed by atoms with Gasteiger partial charge in [0.15, 0.2) is 0 Å². The van der Waals surface area contributed by atoms with Gasteiger partial charge in [-0.2, -0.15) is 0 Å². The second-order valence-electron chi connectivity index (χ2n) is 3.05. The third-order valence-corrected chi connectivity index (χ3v) is 1.80. The van der Waals surface area contributed by atoms with Gasteiger partial charge in [-0.25, -0.2) is 0 Å². The number of halogens is 3. The van der Waals surface area contributed by atoms with Crippen molar-refractivity contribution in [1.29, 1.82) is 0 Å². The van der Waals surface area contributed by atoms with E-state index in [-0.39, 0.29) is 24.2 Å². The highest BCUT2D eigenvalue weighted by Crippen LogP contribution is 2.29. The van der Waals surface area contributed by atoms with E-state index in [2.05, 4.69) is 4.74 Å². The summed E-state index contributed by atoms with van der Waals surface area (Å²) in [6, 6.07) is 3.25. The Balaban J connectivity index is 2.93. The Hall–Kier alpha value is -1.72. The molecule has 88 valence electrons. The molecule has 0 heterocycles. The summed E-state index contributed by atoms with van der Waals surface area (Å²) in [6.07, 6.45) is -4.05. The molecular weight excluding hydrogens is 225 g/mol. The Morgan fingerprint density at radius 3 is 2.62 bits per heavy atom. The van der Waals surface area contributed by atoms with E-state index in [0.29, 0.717) is 6.29 Å². The molecule has 0 aromatic heterocycles.